The highest BCUT2D eigenvalue weighted by atomic mass is 32.2. The molecule has 0 aromatic carbocycles. The number of rotatable bonds is 8. The molecule has 1 saturated heterocycles. The summed E-state index contributed by atoms with van der Waals surface area (Å²) in [4.78, 5) is 49.6. The Morgan fingerprint density at radius 3 is 2.79 bits per heavy atom. The number of nitrogens with one attached hydrogen (secondary N) is 1. The van der Waals surface area contributed by atoms with Crippen LogP contribution in [0.25, 0.3) is 5.70 Å². The summed E-state index contributed by atoms with van der Waals surface area (Å²) in [6, 6.07) is -0.994. The lowest BCUT2D eigenvalue weighted by molar-refractivity contribution is -0.743. The number of oxime groups is 1. The molecule has 13 nitrogen and oxygen atoms in total. The number of allylic oxidation sites excluding steroid dienone is 1. The normalized spacial score (nSPS) is 24.8. The van der Waals surface area contributed by atoms with E-state index in [-0.39, 0.29) is 33.6 Å². The second-order valence-corrected chi connectivity index (χ2v) is 11.1. The SMILES string of the molecule is COc1cn(C2=C(C(=O)[O-])N3C(=O)[C@@H](NC(=O)C(=NOC4C=CCC4)c4csc(N)n4)[C@H]3SC2C)[n+](C)c1. The predicted octanol–water partition coefficient (Wildman–Crippen LogP) is -0.794. The van der Waals surface area contributed by atoms with Gasteiger partial charge in [0, 0.05) is 5.38 Å². The molecule has 15 heteroatoms. The maximum atomic E-state index is 13.3. The van der Waals surface area contributed by atoms with Crippen LogP contribution < -0.4 is 25.6 Å². The Kier molecular flexibility index (Phi) is 6.88. The second kappa shape index (κ2) is 10.1. The summed E-state index contributed by atoms with van der Waals surface area (Å²) >= 11 is 2.48. The number of anilines is 1. The predicted molar refractivity (Wildman–Crippen MR) is 136 cm³/mol. The monoisotopic (exact) mass is 559 g/mol. The number of carbonyl (C=O) groups excluding carboxylic acids is 3. The molecule has 4 atom stereocenters. The Hall–Kier alpha value is -3.85. The van der Waals surface area contributed by atoms with Crippen LogP contribution in [0.4, 0.5) is 5.13 Å². The van der Waals surface area contributed by atoms with Gasteiger partial charge in [-0.3, -0.25) is 14.5 Å². The molecular weight excluding hydrogens is 534 g/mol. The minimum atomic E-state index is -1.50. The van der Waals surface area contributed by atoms with Crippen LogP contribution in [-0.2, 0) is 26.3 Å². The fraction of sp³-hybridized carbons (Fsp3) is 0.391. The highest BCUT2D eigenvalue weighted by molar-refractivity contribution is 8.01. The molecule has 0 spiro atoms. The number of nitrogen functional groups attached to an aromatic ring is 1. The Labute approximate surface area is 225 Å². The number of β-lactam (4-membered cyclic amide) rings is 1. The van der Waals surface area contributed by atoms with Crippen molar-refractivity contribution in [2.75, 3.05) is 12.8 Å². The molecule has 0 radical (unpaired) electrons. The minimum Gasteiger partial charge on any atom is -0.543 e. The first-order valence-electron chi connectivity index (χ1n) is 11.7. The molecule has 2 unspecified atom stereocenters. The third-order valence-electron chi connectivity index (χ3n) is 6.35. The topological polar surface area (TPSA) is 168 Å². The highest BCUT2D eigenvalue weighted by Crippen LogP contribution is 2.45. The molecule has 2 aromatic heterocycles. The lowest BCUT2D eigenvalue weighted by Gasteiger charge is -2.51. The maximum Gasteiger partial charge on any atom is 0.276 e. The van der Waals surface area contributed by atoms with Gasteiger partial charge in [-0.1, -0.05) is 11.2 Å². The Morgan fingerprint density at radius 1 is 1.39 bits per heavy atom. The van der Waals surface area contributed by atoms with Gasteiger partial charge in [-0.15, -0.1) is 32.5 Å². The molecule has 0 bridgehead atoms. The lowest BCUT2D eigenvalue weighted by Crippen LogP contribution is -2.72. The summed E-state index contributed by atoms with van der Waals surface area (Å²) < 4.78 is 8.51. The van der Waals surface area contributed by atoms with Crippen LogP contribution in [0.3, 0.4) is 0 Å². The smallest absolute Gasteiger partial charge is 0.276 e. The van der Waals surface area contributed by atoms with Crippen molar-refractivity contribution >= 4 is 57.4 Å². The number of carboxylic acid groups (broad SMARTS) is 1. The number of thioether (sulfide) groups is 1. The highest BCUT2D eigenvalue weighted by Gasteiger charge is 2.55. The summed E-state index contributed by atoms with van der Waals surface area (Å²) in [6.07, 6.45) is 8.43. The van der Waals surface area contributed by atoms with Gasteiger partial charge in [0.2, 0.25) is 11.9 Å². The largest absolute Gasteiger partial charge is 0.543 e. The van der Waals surface area contributed by atoms with Gasteiger partial charge >= 0.3 is 0 Å². The van der Waals surface area contributed by atoms with Crippen molar-refractivity contribution in [1.82, 2.24) is 19.9 Å². The molecule has 2 aliphatic heterocycles. The van der Waals surface area contributed by atoms with Gasteiger partial charge in [0.25, 0.3) is 11.8 Å². The van der Waals surface area contributed by atoms with Gasteiger partial charge in [-0.25, -0.2) is 4.98 Å². The number of thiazole rings is 1. The number of aryl methyl sites for hydroxylation is 1. The number of hydrogen-bond acceptors (Lipinski definition) is 11. The van der Waals surface area contributed by atoms with Gasteiger partial charge in [-0.2, -0.15) is 0 Å². The van der Waals surface area contributed by atoms with E-state index in [0.29, 0.717) is 11.4 Å². The van der Waals surface area contributed by atoms with Crippen molar-refractivity contribution in [1.29, 1.82) is 0 Å². The van der Waals surface area contributed by atoms with Crippen LogP contribution in [0, 0.1) is 0 Å². The minimum absolute atomic E-state index is 0.124. The number of fused-ring (bicyclic) bond motifs is 1. The molecule has 2 amide bonds. The molecule has 1 fully saturated rings. The standard InChI is InChI=1S/C23H25N7O6S2/c1-11-17(29-9-13(35-3)8-28(29)2)18(22(33)34)30-20(32)16(21(30)38-11)26-19(31)15(14-10-37-23(24)25-14)27-36-12-6-4-5-7-12/h4,6,8-12,16,21H,5,7H2,1-3H3,(H3-,24,25,26,31,33,34)/t11?,12?,16-,21-/m1/s1. The molecule has 1 aliphatic carbocycles. The van der Waals surface area contributed by atoms with Gasteiger partial charge in [0.05, 0.1) is 24.0 Å². The number of methoxy groups -OCH3 is 1. The van der Waals surface area contributed by atoms with Crippen molar-refractivity contribution in [3.63, 3.8) is 0 Å². The number of aliphatic carboxylic acids is 1. The zero-order chi connectivity index (χ0) is 27.1. The summed E-state index contributed by atoms with van der Waals surface area (Å²) in [5, 5.41) is 19.8. The van der Waals surface area contributed by atoms with Crippen molar-refractivity contribution < 1.29 is 33.7 Å². The summed E-state index contributed by atoms with van der Waals surface area (Å²) in [6.45, 7) is 1.82. The number of carboxylic acids is 1. The van der Waals surface area contributed by atoms with Crippen LogP contribution >= 0.6 is 23.1 Å². The van der Waals surface area contributed by atoms with E-state index in [0.717, 1.165) is 29.1 Å². The van der Waals surface area contributed by atoms with Gasteiger partial charge in [0.15, 0.2) is 17.9 Å². The van der Waals surface area contributed by atoms with E-state index in [1.54, 1.807) is 34.2 Å². The Morgan fingerprint density at radius 2 is 2.18 bits per heavy atom. The average molecular weight is 560 g/mol. The molecule has 38 heavy (non-hydrogen) atoms. The lowest BCUT2D eigenvalue weighted by atomic mass is 10.0. The van der Waals surface area contributed by atoms with Crippen LogP contribution in [0.2, 0.25) is 0 Å². The zero-order valence-electron chi connectivity index (χ0n) is 20.7. The van der Waals surface area contributed by atoms with E-state index in [4.69, 9.17) is 15.3 Å². The van der Waals surface area contributed by atoms with E-state index in [2.05, 4.69) is 15.5 Å². The molecule has 0 saturated carbocycles. The number of aromatic nitrogens is 3. The first-order valence-corrected chi connectivity index (χ1v) is 13.5. The van der Waals surface area contributed by atoms with Gasteiger partial charge in [0.1, 0.15) is 35.1 Å². The molecule has 200 valence electrons. The van der Waals surface area contributed by atoms with Crippen molar-refractivity contribution in [2.24, 2.45) is 12.2 Å². The third kappa shape index (κ3) is 4.51. The number of amides is 2. The maximum absolute atomic E-state index is 13.3. The van der Waals surface area contributed by atoms with E-state index in [1.165, 1.54) is 18.9 Å². The van der Waals surface area contributed by atoms with Crippen LogP contribution in [0.5, 0.6) is 5.75 Å². The van der Waals surface area contributed by atoms with Crippen LogP contribution in [-0.4, -0.2) is 67.9 Å². The first-order chi connectivity index (χ1) is 18.2. The second-order valence-electron chi connectivity index (χ2n) is 8.79. The summed E-state index contributed by atoms with van der Waals surface area (Å²) in [5.41, 5.74) is 5.94. The van der Waals surface area contributed by atoms with Crippen molar-refractivity contribution in [3.05, 3.63) is 41.3 Å². The molecule has 4 heterocycles. The molecular formula is C23H25N7O6S2. The quantitative estimate of drug-likeness (QED) is 0.138. The van der Waals surface area contributed by atoms with E-state index in [1.807, 2.05) is 19.1 Å². The summed E-state index contributed by atoms with van der Waals surface area (Å²) in [7, 11) is 3.23. The summed E-state index contributed by atoms with van der Waals surface area (Å²) in [5.74, 6) is -2.25. The molecule has 5 rings (SSSR count). The van der Waals surface area contributed by atoms with Gasteiger partial charge in [-0.05, 0) is 25.8 Å². The van der Waals surface area contributed by atoms with E-state index in [9.17, 15) is 19.5 Å². The Balaban J connectivity index is 1.41. The van der Waals surface area contributed by atoms with Gasteiger partial charge < -0.3 is 30.5 Å². The third-order valence-corrected chi connectivity index (χ3v) is 8.42. The van der Waals surface area contributed by atoms with Crippen LogP contribution in [0.15, 0.2) is 40.8 Å². The molecule has 3 N–H and O–H groups in total. The van der Waals surface area contributed by atoms with Crippen LogP contribution in [0.1, 0.15) is 25.5 Å². The zero-order valence-corrected chi connectivity index (χ0v) is 22.3. The number of nitrogens with two attached hydrogens (primary N) is 1. The molecule has 3 aliphatic rings. The average Bonchev–Trinajstić information content (AvgIpc) is 3.64. The first kappa shape index (κ1) is 25.8. The number of carbonyl (C=O) groups is 3. The van der Waals surface area contributed by atoms with Crippen molar-refractivity contribution in [3.8, 4) is 5.75 Å². The fourth-order valence-electron chi connectivity index (χ4n) is 4.52. The number of hydrogen-bond donors (Lipinski definition) is 2. The van der Waals surface area contributed by atoms with Crippen molar-refractivity contribution in [2.45, 2.75) is 42.5 Å². The Bertz CT molecular complexity index is 1400. The fourth-order valence-corrected chi connectivity index (χ4v) is 6.51. The van der Waals surface area contributed by atoms with E-state index >= 15 is 0 Å². The number of nitrogens with zero attached hydrogens (tertiary/aromatic N) is 5. The van der Waals surface area contributed by atoms with E-state index < -0.39 is 29.2 Å². The molecule has 2 aromatic rings. The number of ether oxygens (including phenoxy) is 1.